The summed E-state index contributed by atoms with van der Waals surface area (Å²) in [6, 6.07) is 65.3. The fourth-order valence-corrected chi connectivity index (χ4v) is 8.13. The molecule has 0 unspecified atom stereocenters. The molecule has 0 nitrogen and oxygen atoms in total. The lowest BCUT2D eigenvalue weighted by Crippen LogP contribution is -1.89. The van der Waals surface area contributed by atoms with E-state index < -0.39 is 0 Å². The molecular weight excluding hydrogens is 589 g/mol. The first-order chi connectivity index (χ1) is 24.2. The highest BCUT2D eigenvalue weighted by Gasteiger charge is 2.14. The maximum atomic E-state index is 2.41. The highest BCUT2D eigenvalue weighted by Crippen LogP contribution is 2.41. The number of benzene rings is 10. The van der Waals surface area contributed by atoms with Crippen LogP contribution in [0.3, 0.4) is 0 Å². The summed E-state index contributed by atoms with van der Waals surface area (Å²) in [6.07, 6.45) is 0. The summed E-state index contributed by atoms with van der Waals surface area (Å²) in [6.45, 7) is 2.17. The first-order valence-corrected chi connectivity index (χ1v) is 17.1. The fourth-order valence-electron chi connectivity index (χ4n) is 8.13. The summed E-state index contributed by atoms with van der Waals surface area (Å²) in [4.78, 5) is 0. The third-order valence-corrected chi connectivity index (χ3v) is 10.4. The van der Waals surface area contributed by atoms with E-state index in [0.29, 0.717) is 0 Å². The Morgan fingerprint density at radius 2 is 0.510 bits per heavy atom. The maximum Gasteiger partial charge on any atom is -0.00928 e. The van der Waals surface area contributed by atoms with Gasteiger partial charge in [0.25, 0.3) is 0 Å². The molecule has 0 heteroatoms. The van der Waals surface area contributed by atoms with E-state index in [1.54, 1.807) is 0 Å². The van der Waals surface area contributed by atoms with Crippen LogP contribution in [0, 0.1) is 6.92 Å². The molecule has 49 heavy (non-hydrogen) atoms. The van der Waals surface area contributed by atoms with Crippen molar-refractivity contribution in [2.24, 2.45) is 0 Å². The average molecular weight is 621 g/mol. The van der Waals surface area contributed by atoms with Crippen LogP contribution in [0.4, 0.5) is 0 Å². The summed E-state index contributed by atoms with van der Waals surface area (Å²) in [5.74, 6) is 0. The molecule has 0 aliphatic rings. The molecule has 10 aromatic rings. The van der Waals surface area contributed by atoms with Crippen molar-refractivity contribution >= 4 is 64.6 Å². The molecule has 0 N–H and O–H groups in total. The molecule has 228 valence electrons. The predicted octanol–water partition coefficient (Wildman–Crippen LogP) is 13.9. The zero-order valence-electron chi connectivity index (χ0n) is 27.2. The Morgan fingerprint density at radius 1 is 0.204 bits per heavy atom. The van der Waals surface area contributed by atoms with Gasteiger partial charge in [-0.05, 0) is 135 Å². The number of aryl methyl sites for hydroxylation is 1. The predicted molar refractivity (Wildman–Crippen MR) is 213 cm³/mol. The van der Waals surface area contributed by atoms with Crippen LogP contribution in [-0.2, 0) is 0 Å². The Balaban J connectivity index is 1.23. The first-order valence-electron chi connectivity index (χ1n) is 17.1. The van der Waals surface area contributed by atoms with Crippen LogP contribution in [0.5, 0.6) is 0 Å². The third kappa shape index (κ3) is 4.45. The van der Waals surface area contributed by atoms with Crippen molar-refractivity contribution in [2.75, 3.05) is 0 Å². The van der Waals surface area contributed by atoms with Crippen molar-refractivity contribution in [3.05, 3.63) is 181 Å². The summed E-state index contributed by atoms with van der Waals surface area (Å²) < 4.78 is 0. The van der Waals surface area contributed by atoms with Crippen LogP contribution in [0.25, 0.3) is 98.0 Å². The van der Waals surface area contributed by atoms with Gasteiger partial charge in [0.1, 0.15) is 0 Å². The molecule has 10 aromatic carbocycles. The zero-order chi connectivity index (χ0) is 32.5. The number of hydrogen-bond acceptors (Lipinski definition) is 0. The average Bonchev–Trinajstić information content (AvgIpc) is 3.17. The molecule has 0 fully saturated rings. The highest BCUT2D eigenvalue weighted by atomic mass is 14.2. The number of hydrogen-bond donors (Lipinski definition) is 0. The Labute approximate surface area is 285 Å². The minimum absolute atomic E-state index is 1.22. The summed E-state index contributed by atoms with van der Waals surface area (Å²) in [5.41, 5.74) is 8.60. The van der Waals surface area contributed by atoms with Gasteiger partial charge < -0.3 is 0 Å². The maximum absolute atomic E-state index is 2.41. The molecule has 0 atom stereocenters. The second-order valence-electron chi connectivity index (χ2n) is 13.4. The second-order valence-corrected chi connectivity index (χ2v) is 13.4. The van der Waals surface area contributed by atoms with Crippen molar-refractivity contribution in [1.29, 1.82) is 0 Å². The van der Waals surface area contributed by atoms with Gasteiger partial charge in [0.05, 0.1) is 0 Å². The van der Waals surface area contributed by atoms with Gasteiger partial charge in [-0.25, -0.2) is 0 Å². The number of rotatable bonds is 3. The summed E-state index contributed by atoms with van der Waals surface area (Å²) in [5, 5.41) is 15.6. The molecule has 0 saturated carbocycles. The van der Waals surface area contributed by atoms with E-state index in [1.165, 1.54) is 104 Å². The fraction of sp³-hybridized carbons (Fsp3) is 0.0204. The topological polar surface area (TPSA) is 0 Å². The van der Waals surface area contributed by atoms with Crippen molar-refractivity contribution < 1.29 is 0 Å². The molecule has 0 radical (unpaired) electrons. The molecule has 0 spiro atoms. The minimum Gasteiger partial charge on any atom is -0.0616 e. The third-order valence-electron chi connectivity index (χ3n) is 10.4. The van der Waals surface area contributed by atoms with Crippen molar-refractivity contribution in [3.8, 4) is 33.4 Å². The van der Waals surface area contributed by atoms with Crippen LogP contribution >= 0.6 is 0 Å². The van der Waals surface area contributed by atoms with Gasteiger partial charge >= 0.3 is 0 Å². The normalized spacial score (nSPS) is 11.8. The first kappa shape index (κ1) is 27.8. The SMILES string of the molecule is Cc1cccc(-c2cc(-c3ccc4c5ccccc5c5ccccc5c4c3)cc(-c3ccc4c5ccccc5c5ccccc5c4c3)c2)c1. The molecule has 0 aromatic heterocycles. The zero-order valence-corrected chi connectivity index (χ0v) is 27.2. The lowest BCUT2D eigenvalue weighted by atomic mass is 9.88. The van der Waals surface area contributed by atoms with Crippen LogP contribution in [0.1, 0.15) is 5.56 Å². The Kier molecular flexibility index (Phi) is 6.19. The van der Waals surface area contributed by atoms with E-state index in [4.69, 9.17) is 0 Å². The van der Waals surface area contributed by atoms with E-state index >= 15 is 0 Å². The van der Waals surface area contributed by atoms with Gasteiger partial charge in [0, 0.05) is 0 Å². The van der Waals surface area contributed by atoms with Crippen molar-refractivity contribution in [3.63, 3.8) is 0 Å². The molecule has 0 aliphatic carbocycles. The van der Waals surface area contributed by atoms with E-state index in [-0.39, 0.29) is 0 Å². The van der Waals surface area contributed by atoms with Gasteiger partial charge in [-0.3, -0.25) is 0 Å². The lowest BCUT2D eigenvalue weighted by Gasteiger charge is -2.15. The van der Waals surface area contributed by atoms with Gasteiger partial charge in [0.2, 0.25) is 0 Å². The molecule has 0 saturated heterocycles. The van der Waals surface area contributed by atoms with Crippen LogP contribution < -0.4 is 0 Å². The quantitative estimate of drug-likeness (QED) is 0.172. The minimum atomic E-state index is 1.22. The van der Waals surface area contributed by atoms with Crippen molar-refractivity contribution in [1.82, 2.24) is 0 Å². The van der Waals surface area contributed by atoms with E-state index in [1.807, 2.05) is 0 Å². The van der Waals surface area contributed by atoms with Crippen LogP contribution in [0.2, 0.25) is 0 Å². The van der Waals surface area contributed by atoms with Gasteiger partial charge in [-0.1, -0.05) is 151 Å². The molecule has 0 bridgehead atoms. The van der Waals surface area contributed by atoms with E-state index in [0.717, 1.165) is 0 Å². The number of fused-ring (bicyclic) bond motifs is 12. The van der Waals surface area contributed by atoms with E-state index in [9.17, 15) is 0 Å². The van der Waals surface area contributed by atoms with Crippen LogP contribution in [-0.4, -0.2) is 0 Å². The van der Waals surface area contributed by atoms with Crippen molar-refractivity contribution in [2.45, 2.75) is 6.92 Å². The Hall–Kier alpha value is -6.24. The van der Waals surface area contributed by atoms with E-state index in [2.05, 4.69) is 183 Å². The standard InChI is InChI=1S/C49H32/c1-31-11-10-12-32(25-31)35-26-36(33-21-23-46-42-17-4-2-13-38(42)40-15-6-8-19-44(40)48(46)29-33)28-37(27-35)34-22-24-47-43-18-5-3-14-39(43)41-16-7-9-20-45(41)49(47)30-34/h2-30H,1H3. The van der Waals surface area contributed by atoms with Gasteiger partial charge in [-0.2, -0.15) is 0 Å². The lowest BCUT2D eigenvalue weighted by molar-refractivity contribution is 1.47. The summed E-state index contributed by atoms with van der Waals surface area (Å²) >= 11 is 0. The monoisotopic (exact) mass is 620 g/mol. The largest absolute Gasteiger partial charge is 0.0616 e. The van der Waals surface area contributed by atoms with Crippen LogP contribution in [0.15, 0.2) is 176 Å². The molecule has 0 heterocycles. The molecular formula is C49H32. The Morgan fingerprint density at radius 3 is 0.857 bits per heavy atom. The second kappa shape index (κ2) is 10.9. The summed E-state index contributed by atoms with van der Waals surface area (Å²) in [7, 11) is 0. The molecule has 0 amide bonds. The van der Waals surface area contributed by atoms with Gasteiger partial charge in [-0.15, -0.1) is 0 Å². The highest BCUT2D eigenvalue weighted by molar-refractivity contribution is 6.27. The van der Waals surface area contributed by atoms with Gasteiger partial charge in [0.15, 0.2) is 0 Å². The Bertz CT molecular complexity index is 2700. The smallest absolute Gasteiger partial charge is 0.00928 e. The molecule has 0 aliphatic heterocycles. The molecule has 10 rings (SSSR count).